The zero-order valence-electron chi connectivity index (χ0n) is 24.8. The van der Waals surface area contributed by atoms with E-state index in [4.69, 9.17) is 16.0 Å². The van der Waals surface area contributed by atoms with Crippen molar-refractivity contribution >= 4 is 51.2 Å². The van der Waals surface area contributed by atoms with Gasteiger partial charge in [0.1, 0.15) is 11.6 Å². The number of aromatic amines is 1. The summed E-state index contributed by atoms with van der Waals surface area (Å²) in [4.78, 5) is 48.3. The van der Waals surface area contributed by atoms with Gasteiger partial charge in [-0.2, -0.15) is 0 Å². The summed E-state index contributed by atoms with van der Waals surface area (Å²) in [6.07, 6.45) is 2.36. The minimum Gasteiger partial charge on any atom is -0.434 e. The Balaban J connectivity index is 1.26. The van der Waals surface area contributed by atoms with Crippen LogP contribution in [0.2, 0.25) is 5.02 Å². The van der Waals surface area contributed by atoms with E-state index in [1.807, 2.05) is 73.8 Å². The quantitative estimate of drug-likeness (QED) is 0.142. The molecule has 0 aliphatic heterocycles. The number of para-hydroxylation sites is 2. The van der Waals surface area contributed by atoms with Gasteiger partial charge in [-0.25, -0.2) is 4.98 Å². The molecule has 4 aromatic carbocycles. The first-order chi connectivity index (χ1) is 21.8. The number of halogens is 1. The number of amides is 2. The first-order valence-electron chi connectivity index (χ1n) is 14.7. The van der Waals surface area contributed by atoms with Gasteiger partial charge in [-0.3, -0.25) is 14.4 Å². The van der Waals surface area contributed by atoms with E-state index in [0.29, 0.717) is 28.1 Å². The molecule has 6 aromatic rings. The summed E-state index contributed by atoms with van der Waals surface area (Å²) in [5.74, 6) is -1.42. The normalized spacial score (nSPS) is 12.6. The summed E-state index contributed by atoms with van der Waals surface area (Å²) in [7, 11) is 0. The maximum atomic E-state index is 13.9. The smallest absolute Gasteiger partial charge is 0.266 e. The number of carbonyl (C=O) groups excluding carboxylic acids is 3. The first kappa shape index (κ1) is 29.8. The maximum absolute atomic E-state index is 13.9. The van der Waals surface area contributed by atoms with Gasteiger partial charge in [0.15, 0.2) is 5.58 Å². The van der Waals surface area contributed by atoms with Crippen LogP contribution >= 0.6 is 11.6 Å². The largest absolute Gasteiger partial charge is 0.434 e. The third-order valence-electron chi connectivity index (χ3n) is 7.92. The lowest BCUT2D eigenvalue weighted by Crippen LogP contribution is -2.52. The monoisotopic (exact) mass is 618 g/mol. The number of Topliss-reactive ketones (excluding diaryl/α,β-unsaturated/α-hetero) is 1. The summed E-state index contributed by atoms with van der Waals surface area (Å²) in [6, 6.07) is 25.6. The molecule has 0 aliphatic rings. The fourth-order valence-electron chi connectivity index (χ4n) is 5.53. The molecule has 2 atom stereocenters. The van der Waals surface area contributed by atoms with Gasteiger partial charge in [-0.05, 0) is 66.4 Å². The number of fused-ring (bicyclic) bond motifs is 2. The number of carbonyl (C=O) groups is 3. The van der Waals surface area contributed by atoms with Crippen LogP contribution in [0.15, 0.2) is 102 Å². The SMILES string of the molecule is CC[C@H](NC(=O)C(Cc1c[nH]c2cccc(C)c12)NC(=O)c1ccc(-c2ccccc2Cl)cc1)C(=O)c1nc2ccccc2o1. The van der Waals surface area contributed by atoms with Crippen LogP contribution in [-0.4, -0.2) is 39.6 Å². The lowest BCUT2D eigenvalue weighted by molar-refractivity contribution is -0.123. The molecule has 2 heterocycles. The third-order valence-corrected chi connectivity index (χ3v) is 8.25. The number of nitrogens with zero attached hydrogens (tertiary/aromatic N) is 1. The van der Waals surface area contributed by atoms with E-state index >= 15 is 0 Å². The van der Waals surface area contributed by atoms with Crippen LogP contribution in [0, 0.1) is 6.92 Å². The summed E-state index contributed by atoms with van der Waals surface area (Å²) >= 11 is 6.36. The fourth-order valence-corrected chi connectivity index (χ4v) is 5.78. The molecule has 0 saturated carbocycles. The Kier molecular flexibility index (Phi) is 8.49. The molecular weight excluding hydrogens is 588 g/mol. The van der Waals surface area contributed by atoms with Crippen LogP contribution in [0.1, 0.15) is 45.5 Å². The molecule has 0 fully saturated rings. The number of aryl methyl sites for hydroxylation is 1. The van der Waals surface area contributed by atoms with E-state index in [-0.39, 0.29) is 12.3 Å². The molecule has 0 aliphatic carbocycles. The molecule has 0 bridgehead atoms. The highest BCUT2D eigenvalue weighted by Crippen LogP contribution is 2.28. The number of hydrogen-bond acceptors (Lipinski definition) is 5. The number of oxazole rings is 1. The van der Waals surface area contributed by atoms with Crippen LogP contribution in [-0.2, 0) is 11.2 Å². The Bertz CT molecular complexity index is 2000. The van der Waals surface area contributed by atoms with Gasteiger partial charge in [-0.1, -0.05) is 73.1 Å². The average Bonchev–Trinajstić information content (AvgIpc) is 3.68. The predicted octanol–water partition coefficient (Wildman–Crippen LogP) is 7.06. The summed E-state index contributed by atoms with van der Waals surface area (Å²) in [6.45, 7) is 3.79. The number of hydrogen-bond donors (Lipinski definition) is 3. The standard InChI is InChI=1S/C36H31ClN4O4/c1-3-27(33(42)36-41-28-12-6-7-14-31(28)45-36)39-35(44)30(19-24-20-38-29-13-8-9-21(2)32(24)29)40-34(43)23-17-15-22(16-18-23)25-10-4-5-11-26(25)37/h4-18,20,27,30,38H,3,19H2,1-2H3,(H,39,44)(H,40,43)/t27-,30?/m0/s1. The van der Waals surface area contributed by atoms with E-state index in [9.17, 15) is 14.4 Å². The van der Waals surface area contributed by atoms with E-state index in [1.165, 1.54) is 0 Å². The molecule has 0 radical (unpaired) electrons. The second-order valence-corrected chi connectivity index (χ2v) is 11.3. The van der Waals surface area contributed by atoms with Gasteiger partial charge < -0.3 is 20.0 Å². The first-order valence-corrected chi connectivity index (χ1v) is 15.1. The number of nitrogens with one attached hydrogen (secondary N) is 3. The fraction of sp³-hybridized carbons (Fsp3) is 0.167. The van der Waals surface area contributed by atoms with Crippen molar-refractivity contribution in [3.05, 3.63) is 125 Å². The van der Waals surface area contributed by atoms with Crippen molar-refractivity contribution in [2.24, 2.45) is 0 Å². The maximum Gasteiger partial charge on any atom is 0.266 e. The van der Waals surface area contributed by atoms with Crippen LogP contribution in [0.4, 0.5) is 0 Å². The summed E-state index contributed by atoms with van der Waals surface area (Å²) in [5.41, 5.74) is 6.00. The van der Waals surface area contributed by atoms with E-state index < -0.39 is 29.7 Å². The van der Waals surface area contributed by atoms with Crippen molar-refractivity contribution in [2.75, 3.05) is 0 Å². The molecule has 6 rings (SSSR count). The molecule has 9 heteroatoms. The predicted molar refractivity (Wildman–Crippen MR) is 175 cm³/mol. The molecule has 8 nitrogen and oxygen atoms in total. The molecule has 226 valence electrons. The lowest BCUT2D eigenvalue weighted by Gasteiger charge is -2.22. The van der Waals surface area contributed by atoms with Gasteiger partial charge in [0.05, 0.1) is 6.04 Å². The van der Waals surface area contributed by atoms with Gasteiger partial charge in [0, 0.05) is 39.7 Å². The third kappa shape index (κ3) is 6.23. The minimum absolute atomic E-state index is 0.0743. The topological polar surface area (TPSA) is 117 Å². The van der Waals surface area contributed by atoms with Gasteiger partial charge in [0.25, 0.3) is 11.8 Å². The van der Waals surface area contributed by atoms with Gasteiger partial charge >= 0.3 is 0 Å². The lowest BCUT2D eigenvalue weighted by atomic mass is 9.99. The Morgan fingerprint density at radius 1 is 0.889 bits per heavy atom. The number of rotatable bonds is 10. The molecule has 0 spiro atoms. The van der Waals surface area contributed by atoms with Crippen molar-refractivity contribution in [3.8, 4) is 11.1 Å². The van der Waals surface area contributed by atoms with Crippen molar-refractivity contribution in [1.82, 2.24) is 20.6 Å². The molecular formula is C36H31ClN4O4. The van der Waals surface area contributed by atoms with E-state index in [2.05, 4.69) is 20.6 Å². The second-order valence-electron chi connectivity index (χ2n) is 10.9. The number of benzene rings is 4. The average molecular weight is 619 g/mol. The van der Waals surface area contributed by atoms with Crippen molar-refractivity contribution in [2.45, 2.75) is 38.8 Å². The number of H-pyrrole nitrogens is 1. The highest BCUT2D eigenvalue weighted by Gasteiger charge is 2.30. The molecule has 2 amide bonds. The van der Waals surface area contributed by atoms with E-state index in [0.717, 1.165) is 33.2 Å². The highest BCUT2D eigenvalue weighted by atomic mass is 35.5. The summed E-state index contributed by atoms with van der Waals surface area (Å²) in [5, 5.41) is 7.36. The molecule has 0 saturated heterocycles. The van der Waals surface area contributed by atoms with Gasteiger partial charge in [0.2, 0.25) is 11.7 Å². The summed E-state index contributed by atoms with van der Waals surface area (Å²) < 4.78 is 5.68. The van der Waals surface area contributed by atoms with Crippen LogP contribution in [0.3, 0.4) is 0 Å². The highest BCUT2D eigenvalue weighted by molar-refractivity contribution is 6.33. The Morgan fingerprint density at radius 3 is 2.40 bits per heavy atom. The number of aromatic nitrogens is 2. The van der Waals surface area contributed by atoms with Crippen molar-refractivity contribution in [1.29, 1.82) is 0 Å². The Morgan fingerprint density at radius 2 is 1.64 bits per heavy atom. The van der Waals surface area contributed by atoms with Crippen LogP contribution in [0.25, 0.3) is 33.1 Å². The van der Waals surface area contributed by atoms with E-state index in [1.54, 1.807) is 37.3 Å². The molecule has 3 N–H and O–H groups in total. The van der Waals surface area contributed by atoms with Crippen LogP contribution in [0.5, 0.6) is 0 Å². The minimum atomic E-state index is -0.982. The number of ketones is 1. The molecule has 45 heavy (non-hydrogen) atoms. The zero-order chi connectivity index (χ0) is 31.5. The molecule has 2 aromatic heterocycles. The molecule has 1 unspecified atom stereocenters. The Hall–Kier alpha value is -5.21. The van der Waals surface area contributed by atoms with Crippen LogP contribution < -0.4 is 10.6 Å². The van der Waals surface area contributed by atoms with Crippen molar-refractivity contribution < 1.29 is 18.8 Å². The van der Waals surface area contributed by atoms with Crippen molar-refractivity contribution in [3.63, 3.8) is 0 Å². The Labute approximate surface area is 264 Å². The second kappa shape index (κ2) is 12.8. The van der Waals surface area contributed by atoms with Gasteiger partial charge in [-0.15, -0.1) is 0 Å². The zero-order valence-corrected chi connectivity index (χ0v) is 25.5.